The highest BCUT2D eigenvalue weighted by Gasteiger charge is 2.12. The second-order valence-electron chi connectivity index (χ2n) is 4.66. The molecule has 0 aromatic heterocycles. The second kappa shape index (κ2) is 8.15. The summed E-state index contributed by atoms with van der Waals surface area (Å²) in [7, 11) is 1.30. The van der Waals surface area contributed by atoms with Crippen LogP contribution in [0.3, 0.4) is 0 Å². The predicted molar refractivity (Wildman–Crippen MR) is 88.8 cm³/mol. The summed E-state index contributed by atoms with van der Waals surface area (Å²) in [4.78, 5) is 22.9. The summed E-state index contributed by atoms with van der Waals surface area (Å²) in [6, 6.07) is 13.8. The van der Waals surface area contributed by atoms with Crippen molar-refractivity contribution in [3.8, 4) is 5.75 Å². The molecule has 0 fully saturated rings. The van der Waals surface area contributed by atoms with Gasteiger partial charge in [-0.1, -0.05) is 35.9 Å². The van der Waals surface area contributed by atoms with Gasteiger partial charge in [-0.2, -0.15) is 0 Å². The minimum absolute atomic E-state index is 0.0137. The van der Waals surface area contributed by atoms with Crippen LogP contribution in [0.5, 0.6) is 5.75 Å². The van der Waals surface area contributed by atoms with Crippen LogP contribution in [-0.2, 0) is 9.53 Å². The van der Waals surface area contributed by atoms with E-state index in [9.17, 15) is 9.59 Å². The molecule has 0 saturated heterocycles. The van der Waals surface area contributed by atoms with Gasteiger partial charge in [0.2, 0.25) is 0 Å². The molecule has 0 aliphatic carbocycles. The Labute approximate surface area is 139 Å². The molecule has 0 spiro atoms. The highest BCUT2D eigenvalue weighted by molar-refractivity contribution is 6.30. The van der Waals surface area contributed by atoms with Gasteiger partial charge in [-0.3, -0.25) is 4.79 Å². The van der Waals surface area contributed by atoms with Gasteiger partial charge in [0, 0.05) is 5.02 Å². The lowest BCUT2D eigenvalue weighted by atomic mass is 10.1. The zero-order chi connectivity index (χ0) is 16.7. The first kappa shape index (κ1) is 16.8. The van der Waals surface area contributed by atoms with E-state index < -0.39 is 5.97 Å². The second-order valence-corrected chi connectivity index (χ2v) is 5.09. The summed E-state index contributed by atoms with van der Waals surface area (Å²) >= 11 is 5.84. The number of hydrogen-bond acceptors (Lipinski definition) is 4. The van der Waals surface area contributed by atoms with Crippen molar-refractivity contribution in [2.75, 3.05) is 13.7 Å². The molecule has 0 atom stereocenters. The standard InChI is InChI=1S/C18H15ClO4/c1-22-18(21)15(10-13-6-8-16(19)9-7-13)12-23-17-5-3-2-4-14(17)11-20/h2-11H,12H2,1H3/b15-10+. The summed E-state index contributed by atoms with van der Waals surface area (Å²) < 4.78 is 10.4. The van der Waals surface area contributed by atoms with Crippen LogP contribution >= 0.6 is 11.6 Å². The van der Waals surface area contributed by atoms with Crippen LogP contribution in [0.15, 0.2) is 54.1 Å². The molecule has 0 bridgehead atoms. The van der Waals surface area contributed by atoms with Gasteiger partial charge in [-0.05, 0) is 35.9 Å². The highest BCUT2D eigenvalue weighted by atomic mass is 35.5. The first-order chi connectivity index (χ1) is 11.1. The maximum Gasteiger partial charge on any atom is 0.337 e. The first-order valence-corrected chi connectivity index (χ1v) is 7.23. The number of carbonyl (C=O) groups is 2. The Balaban J connectivity index is 2.21. The van der Waals surface area contributed by atoms with Crippen molar-refractivity contribution in [3.63, 3.8) is 0 Å². The lowest BCUT2D eigenvalue weighted by molar-refractivity contribution is -0.136. The maximum atomic E-state index is 11.9. The molecule has 0 aliphatic heterocycles. The molecule has 0 saturated carbocycles. The Morgan fingerprint density at radius 2 is 1.83 bits per heavy atom. The van der Waals surface area contributed by atoms with Gasteiger partial charge >= 0.3 is 5.97 Å². The minimum atomic E-state index is -0.497. The fourth-order valence-corrected chi connectivity index (χ4v) is 2.04. The molecule has 5 heteroatoms. The van der Waals surface area contributed by atoms with E-state index in [0.29, 0.717) is 28.2 Å². The quantitative estimate of drug-likeness (QED) is 0.459. The van der Waals surface area contributed by atoms with Gasteiger partial charge in [-0.25, -0.2) is 4.79 Å². The van der Waals surface area contributed by atoms with Crippen LogP contribution in [0.1, 0.15) is 15.9 Å². The number of carbonyl (C=O) groups excluding carboxylic acids is 2. The smallest absolute Gasteiger partial charge is 0.337 e. The third-order valence-corrected chi connectivity index (χ3v) is 3.34. The maximum absolute atomic E-state index is 11.9. The number of hydrogen-bond donors (Lipinski definition) is 0. The van der Waals surface area contributed by atoms with Crippen LogP contribution < -0.4 is 4.74 Å². The van der Waals surface area contributed by atoms with E-state index in [-0.39, 0.29) is 6.61 Å². The molecule has 0 N–H and O–H groups in total. The van der Waals surface area contributed by atoms with Crippen molar-refractivity contribution in [2.24, 2.45) is 0 Å². The summed E-state index contributed by atoms with van der Waals surface area (Å²) in [5.74, 6) is -0.0862. The van der Waals surface area contributed by atoms with Crippen LogP contribution in [0.25, 0.3) is 6.08 Å². The molecule has 0 amide bonds. The summed E-state index contributed by atoms with van der Waals surface area (Å²) in [5, 5.41) is 0.609. The van der Waals surface area contributed by atoms with Crippen molar-refractivity contribution in [1.29, 1.82) is 0 Å². The molecule has 2 rings (SSSR count). The molecular formula is C18H15ClO4. The number of rotatable bonds is 6. The van der Waals surface area contributed by atoms with Gasteiger partial charge in [-0.15, -0.1) is 0 Å². The van der Waals surface area contributed by atoms with E-state index in [1.165, 1.54) is 7.11 Å². The fraction of sp³-hybridized carbons (Fsp3) is 0.111. The van der Waals surface area contributed by atoms with Gasteiger partial charge in [0.25, 0.3) is 0 Å². The van der Waals surface area contributed by atoms with Crippen LogP contribution in [-0.4, -0.2) is 26.0 Å². The molecule has 0 aliphatic rings. The van der Waals surface area contributed by atoms with Crippen LogP contribution in [0.2, 0.25) is 5.02 Å². The van der Waals surface area contributed by atoms with E-state index in [1.54, 1.807) is 54.6 Å². The third-order valence-electron chi connectivity index (χ3n) is 3.09. The minimum Gasteiger partial charge on any atom is -0.488 e. The Bertz CT molecular complexity index is 720. The predicted octanol–water partition coefficient (Wildman–Crippen LogP) is 3.79. The Morgan fingerprint density at radius 3 is 2.48 bits per heavy atom. The Morgan fingerprint density at radius 1 is 1.13 bits per heavy atom. The highest BCUT2D eigenvalue weighted by Crippen LogP contribution is 2.18. The average Bonchev–Trinajstić information content (AvgIpc) is 2.59. The SMILES string of the molecule is COC(=O)/C(=C/c1ccc(Cl)cc1)COc1ccccc1C=O. The lowest BCUT2D eigenvalue weighted by Gasteiger charge is -2.10. The molecule has 0 unspecified atom stereocenters. The Kier molecular flexibility index (Phi) is 5.94. The number of esters is 1. The van der Waals surface area contributed by atoms with Gasteiger partial charge in [0.05, 0.1) is 18.2 Å². The van der Waals surface area contributed by atoms with Gasteiger partial charge in [0.1, 0.15) is 12.4 Å². The number of ether oxygens (including phenoxy) is 2. The normalized spacial score (nSPS) is 11.0. The van der Waals surface area contributed by atoms with Crippen molar-refractivity contribution < 1.29 is 19.1 Å². The summed E-state index contributed by atoms with van der Waals surface area (Å²) in [6.07, 6.45) is 2.36. The third kappa shape index (κ3) is 4.69. The molecule has 2 aromatic carbocycles. The van der Waals surface area contributed by atoms with E-state index in [2.05, 4.69) is 0 Å². The summed E-state index contributed by atoms with van der Waals surface area (Å²) in [5.41, 5.74) is 1.54. The monoisotopic (exact) mass is 330 g/mol. The van der Waals surface area contributed by atoms with Crippen molar-refractivity contribution in [3.05, 3.63) is 70.3 Å². The van der Waals surface area contributed by atoms with Gasteiger partial charge < -0.3 is 9.47 Å². The topological polar surface area (TPSA) is 52.6 Å². The molecule has 118 valence electrons. The van der Waals surface area contributed by atoms with Gasteiger partial charge in [0.15, 0.2) is 6.29 Å². The first-order valence-electron chi connectivity index (χ1n) is 6.85. The van der Waals surface area contributed by atoms with Crippen LogP contribution in [0, 0.1) is 0 Å². The van der Waals surface area contributed by atoms with E-state index >= 15 is 0 Å². The zero-order valence-corrected chi connectivity index (χ0v) is 13.2. The molecule has 2 aromatic rings. The van der Waals surface area contributed by atoms with E-state index in [1.807, 2.05) is 0 Å². The average molecular weight is 331 g/mol. The number of halogens is 1. The van der Waals surface area contributed by atoms with Crippen molar-refractivity contribution in [1.82, 2.24) is 0 Å². The number of aldehydes is 1. The molecule has 4 nitrogen and oxygen atoms in total. The van der Waals surface area contributed by atoms with Crippen LogP contribution in [0.4, 0.5) is 0 Å². The molecule has 23 heavy (non-hydrogen) atoms. The van der Waals surface area contributed by atoms with Crippen molar-refractivity contribution in [2.45, 2.75) is 0 Å². The fourth-order valence-electron chi connectivity index (χ4n) is 1.92. The Hall–Kier alpha value is -2.59. The van der Waals surface area contributed by atoms with Crippen molar-refractivity contribution >= 4 is 29.9 Å². The largest absolute Gasteiger partial charge is 0.488 e. The molecule has 0 radical (unpaired) electrons. The zero-order valence-electron chi connectivity index (χ0n) is 12.5. The number of methoxy groups -OCH3 is 1. The van der Waals surface area contributed by atoms with E-state index in [0.717, 1.165) is 5.56 Å². The number of benzene rings is 2. The molecular weight excluding hydrogens is 316 g/mol. The summed E-state index contributed by atoms with van der Waals surface area (Å²) in [6.45, 7) is -0.0137. The lowest BCUT2D eigenvalue weighted by Crippen LogP contribution is -2.13. The number of para-hydroxylation sites is 1. The molecule has 0 heterocycles. The van der Waals surface area contributed by atoms with E-state index in [4.69, 9.17) is 21.1 Å².